The second-order valence-electron chi connectivity index (χ2n) is 6.05. The van der Waals surface area contributed by atoms with Gasteiger partial charge in [0.15, 0.2) is 12.4 Å². The molecule has 21 heavy (non-hydrogen) atoms. The van der Waals surface area contributed by atoms with Crippen LogP contribution in [0, 0.1) is 5.41 Å². The molecule has 0 radical (unpaired) electrons. The number of para-hydroxylation sites is 1. The summed E-state index contributed by atoms with van der Waals surface area (Å²) in [5, 5.41) is 2.57. The van der Waals surface area contributed by atoms with E-state index in [2.05, 4.69) is 5.32 Å². The largest absolute Gasteiger partial charge is 0.456 e. The highest BCUT2D eigenvalue weighted by Crippen LogP contribution is 2.19. The van der Waals surface area contributed by atoms with E-state index in [0.717, 1.165) is 0 Å². The molecule has 1 aromatic carbocycles. The zero-order valence-electron chi connectivity index (χ0n) is 12.9. The number of Topliss-reactive ketones (excluding diaryl/α,β-unsaturated/α-hetero) is 1. The first-order valence-corrected chi connectivity index (χ1v) is 6.74. The molecule has 5 heteroatoms. The summed E-state index contributed by atoms with van der Waals surface area (Å²) in [7, 11) is 0. The lowest BCUT2D eigenvalue weighted by atomic mass is 9.92. The molecule has 1 aromatic rings. The third-order valence-corrected chi connectivity index (χ3v) is 2.62. The molecule has 114 valence electrons. The minimum absolute atomic E-state index is 0.143. The molecule has 0 aromatic heterocycles. The summed E-state index contributed by atoms with van der Waals surface area (Å²) < 4.78 is 4.92. The van der Waals surface area contributed by atoms with E-state index in [1.165, 1.54) is 6.92 Å². The van der Waals surface area contributed by atoms with Gasteiger partial charge in [-0.05, 0) is 24.5 Å². The van der Waals surface area contributed by atoms with Crippen LogP contribution in [-0.2, 0) is 14.3 Å². The molecule has 1 rings (SSSR count). The average molecular weight is 291 g/mol. The van der Waals surface area contributed by atoms with Gasteiger partial charge >= 0.3 is 5.97 Å². The van der Waals surface area contributed by atoms with Crippen LogP contribution < -0.4 is 5.32 Å². The molecular formula is C16H21NO4. The quantitative estimate of drug-likeness (QED) is 0.669. The normalized spacial score (nSPS) is 10.9. The van der Waals surface area contributed by atoms with E-state index in [9.17, 15) is 14.4 Å². The zero-order chi connectivity index (χ0) is 16.0. The fourth-order valence-electron chi connectivity index (χ4n) is 1.72. The topological polar surface area (TPSA) is 72.5 Å². The van der Waals surface area contributed by atoms with Crippen molar-refractivity contribution in [3.63, 3.8) is 0 Å². The van der Waals surface area contributed by atoms with Crippen LogP contribution in [0.2, 0.25) is 0 Å². The predicted octanol–water partition coefficient (Wildman–Crippen LogP) is 2.81. The van der Waals surface area contributed by atoms with Gasteiger partial charge in [0.2, 0.25) is 0 Å². The number of ether oxygens (including phenoxy) is 1. The minimum Gasteiger partial charge on any atom is -0.456 e. The molecule has 1 amide bonds. The monoisotopic (exact) mass is 291 g/mol. The second kappa shape index (κ2) is 7.02. The van der Waals surface area contributed by atoms with Crippen molar-refractivity contribution in [2.45, 2.75) is 34.1 Å². The summed E-state index contributed by atoms with van der Waals surface area (Å²) in [5.74, 6) is -1.03. The van der Waals surface area contributed by atoms with Crippen molar-refractivity contribution in [1.29, 1.82) is 0 Å². The molecule has 5 nitrogen and oxygen atoms in total. The number of carbonyl (C=O) groups excluding carboxylic acids is 3. The fourth-order valence-corrected chi connectivity index (χ4v) is 1.72. The number of benzene rings is 1. The van der Waals surface area contributed by atoms with Crippen LogP contribution in [0.1, 0.15) is 44.5 Å². The Kier molecular flexibility index (Phi) is 5.64. The van der Waals surface area contributed by atoms with Gasteiger partial charge in [-0.3, -0.25) is 14.4 Å². The molecule has 0 fully saturated rings. The van der Waals surface area contributed by atoms with Crippen molar-refractivity contribution in [3.8, 4) is 0 Å². The van der Waals surface area contributed by atoms with Gasteiger partial charge in [0.1, 0.15) is 0 Å². The summed E-state index contributed by atoms with van der Waals surface area (Å²) in [6.07, 6.45) is 0.240. The molecule has 1 N–H and O–H groups in total. The molecule has 0 saturated heterocycles. The molecule has 0 bridgehead atoms. The van der Waals surface area contributed by atoms with Crippen LogP contribution in [0.25, 0.3) is 0 Å². The van der Waals surface area contributed by atoms with E-state index in [-0.39, 0.29) is 24.2 Å². The van der Waals surface area contributed by atoms with Gasteiger partial charge in [0.05, 0.1) is 12.1 Å². The highest BCUT2D eigenvalue weighted by molar-refractivity contribution is 6.04. The Morgan fingerprint density at radius 3 is 2.33 bits per heavy atom. The standard InChI is InChI=1S/C16H21NO4/c1-11(18)12-7-5-6-8-13(12)17-14(19)10-21-15(20)9-16(2,3)4/h5-8H,9-10H2,1-4H3,(H,17,19). The summed E-state index contributed by atoms with van der Waals surface area (Å²) in [4.78, 5) is 34.7. The van der Waals surface area contributed by atoms with Gasteiger partial charge < -0.3 is 10.1 Å². The second-order valence-corrected chi connectivity index (χ2v) is 6.05. The van der Waals surface area contributed by atoms with Crippen LogP contribution in [0.4, 0.5) is 5.69 Å². The fraction of sp³-hybridized carbons (Fsp3) is 0.438. The van der Waals surface area contributed by atoms with E-state index in [1.807, 2.05) is 20.8 Å². The number of ketones is 1. The lowest BCUT2D eigenvalue weighted by Gasteiger charge is -2.16. The molecule has 0 heterocycles. The summed E-state index contributed by atoms with van der Waals surface area (Å²) in [6, 6.07) is 6.69. The Morgan fingerprint density at radius 2 is 1.76 bits per heavy atom. The minimum atomic E-state index is -0.467. The maximum atomic E-state index is 11.8. The molecule has 0 unspecified atom stereocenters. The maximum Gasteiger partial charge on any atom is 0.306 e. The highest BCUT2D eigenvalue weighted by atomic mass is 16.5. The number of anilines is 1. The van der Waals surface area contributed by atoms with Crippen molar-refractivity contribution in [2.75, 3.05) is 11.9 Å². The van der Waals surface area contributed by atoms with Gasteiger partial charge in [0.25, 0.3) is 5.91 Å². The van der Waals surface area contributed by atoms with Gasteiger partial charge in [-0.25, -0.2) is 0 Å². The Morgan fingerprint density at radius 1 is 1.14 bits per heavy atom. The molecule has 0 aliphatic heterocycles. The molecule has 0 saturated carbocycles. The molecule has 0 spiro atoms. The van der Waals surface area contributed by atoms with Crippen molar-refractivity contribution >= 4 is 23.3 Å². The van der Waals surface area contributed by atoms with Gasteiger partial charge in [-0.1, -0.05) is 32.9 Å². The van der Waals surface area contributed by atoms with Crippen molar-refractivity contribution in [1.82, 2.24) is 0 Å². The lowest BCUT2D eigenvalue weighted by Crippen LogP contribution is -2.23. The van der Waals surface area contributed by atoms with Gasteiger partial charge in [-0.15, -0.1) is 0 Å². The summed E-state index contributed by atoms with van der Waals surface area (Å²) in [5.41, 5.74) is 0.656. The van der Waals surface area contributed by atoms with E-state index in [0.29, 0.717) is 11.3 Å². The van der Waals surface area contributed by atoms with Crippen molar-refractivity contribution in [3.05, 3.63) is 29.8 Å². The molecular weight excluding hydrogens is 270 g/mol. The maximum absolute atomic E-state index is 11.8. The van der Waals surface area contributed by atoms with Gasteiger partial charge in [0, 0.05) is 5.56 Å². The number of amides is 1. The molecule has 0 aliphatic rings. The van der Waals surface area contributed by atoms with E-state index >= 15 is 0 Å². The van der Waals surface area contributed by atoms with E-state index in [1.54, 1.807) is 24.3 Å². The van der Waals surface area contributed by atoms with Crippen LogP contribution in [-0.4, -0.2) is 24.3 Å². The lowest BCUT2D eigenvalue weighted by molar-refractivity contribution is -0.149. The van der Waals surface area contributed by atoms with Crippen LogP contribution in [0.5, 0.6) is 0 Å². The third-order valence-electron chi connectivity index (χ3n) is 2.62. The van der Waals surface area contributed by atoms with Crippen LogP contribution >= 0.6 is 0 Å². The van der Waals surface area contributed by atoms with E-state index < -0.39 is 11.9 Å². The number of hydrogen-bond acceptors (Lipinski definition) is 4. The number of carbonyl (C=O) groups is 3. The SMILES string of the molecule is CC(=O)c1ccccc1NC(=O)COC(=O)CC(C)(C)C. The number of nitrogens with one attached hydrogen (secondary N) is 1. The zero-order valence-corrected chi connectivity index (χ0v) is 12.9. The summed E-state index contributed by atoms with van der Waals surface area (Å²) in [6.45, 7) is 6.81. The number of hydrogen-bond donors (Lipinski definition) is 1. The van der Waals surface area contributed by atoms with Crippen molar-refractivity contribution < 1.29 is 19.1 Å². The Hall–Kier alpha value is -2.17. The van der Waals surface area contributed by atoms with Gasteiger partial charge in [-0.2, -0.15) is 0 Å². The number of esters is 1. The Labute approximate surface area is 124 Å². The number of rotatable bonds is 5. The van der Waals surface area contributed by atoms with Crippen molar-refractivity contribution in [2.24, 2.45) is 5.41 Å². The Balaban J connectivity index is 2.55. The molecule has 0 aliphatic carbocycles. The first-order valence-electron chi connectivity index (χ1n) is 6.74. The third kappa shape index (κ3) is 6.21. The smallest absolute Gasteiger partial charge is 0.306 e. The van der Waals surface area contributed by atoms with Crippen LogP contribution in [0.3, 0.4) is 0 Å². The highest BCUT2D eigenvalue weighted by Gasteiger charge is 2.18. The average Bonchev–Trinajstić information content (AvgIpc) is 2.35. The van der Waals surface area contributed by atoms with Crippen LogP contribution in [0.15, 0.2) is 24.3 Å². The first kappa shape index (κ1) is 16.9. The Bertz CT molecular complexity index is 543. The first-order chi connectivity index (χ1) is 9.69. The van der Waals surface area contributed by atoms with E-state index in [4.69, 9.17) is 4.74 Å². The predicted molar refractivity (Wildman–Crippen MR) is 80.1 cm³/mol. The summed E-state index contributed by atoms with van der Waals surface area (Å²) >= 11 is 0. The molecule has 0 atom stereocenters.